The maximum Gasteiger partial charge on any atom is 0.306 e. The van der Waals surface area contributed by atoms with Crippen LogP contribution in [0, 0.1) is 11.8 Å². The van der Waals surface area contributed by atoms with Crippen LogP contribution < -0.4 is 0 Å². The first-order valence-electron chi connectivity index (χ1n) is 5.14. The van der Waals surface area contributed by atoms with Gasteiger partial charge in [-0.25, -0.2) is 0 Å². The Kier molecular flexibility index (Phi) is 3.10. The van der Waals surface area contributed by atoms with Crippen LogP contribution in [0.15, 0.2) is 28.7 Å². The minimum atomic E-state index is -0.629. The summed E-state index contributed by atoms with van der Waals surface area (Å²) in [5.74, 6) is -0.289. The first kappa shape index (κ1) is 10.7. The lowest BCUT2D eigenvalue weighted by molar-refractivity contribution is -0.138. The highest BCUT2D eigenvalue weighted by molar-refractivity contribution is 9.10. The van der Waals surface area contributed by atoms with Crippen LogP contribution in [0.3, 0.4) is 0 Å². The number of halogens is 1. The first-order valence-corrected chi connectivity index (χ1v) is 5.93. The Morgan fingerprint density at radius 1 is 1.40 bits per heavy atom. The minimum Gasteiger partial charge on any atom is -0.481 e. The van der Waals surface area contributed by atoms with Crippen molar-refractivity contribution in [2.24, 2.45) is 11.8 Å². The molecule has 2 rings (SSSR count). The molecule has 0 radical (unpaired) electrons. The zero-order chi connectivity index (χ0) is 10.8. The van der Waals surface area contributed by atoms with Gasteiger partial charge in [-0.05, 0) is 42.9 Å². The summed E-state index contributed by atoms with van der Waals surface area (Å²) in [4.78, 5) is 10.6. The molecule has 2 atom stereocenters. The molecule has 0 unspecified atom stereocenters. The van der Waals surface area contributed by atoms with Gasteiger partial charge in [0.15, 0.2) is 0 Å². The van der Waals surface area contributed by atoms with E-state index in [9.17, 15) is 4.79 Å². The summed E-state index contributed by atoms with van der Waals surface area (Å²) in [6, 6.07) is 8.22. The molecule has 1 saturated carbocycles. The maximum absolute atomic E-state index is 10.6. The number of rotatable bonds is 4. The Morgan fingerprint density at radius 2 is 2.07 bits per heavy atom. The molecular formula is C12H13BrO2. The number of carboxylic acid groups (broad SMARTS) is 1. The minimum absolute atomic E-state index is 0.0690. The second-order valence-electron chi connectivity index (χ2n) is 4.11. The van der Waals surface area contributed by atoms with E-state index >= 15 is 0 Å². The third-order valence-corrected chi connectivity index (χ3v) is 3.49. The van der Waals surface area contributed by atoms with Gasteiger partial charge in [0.05, 0.1) is 5.92 Å². The molecule has 0 amide bonds. The lowest BCUT2D eigenvalue weighted by Gasteiger charge is -2.00. The fourth-order valence-electron chi connectivity index (χ4n) is 1.87. The fraction of sp³-hybridized carbons (Fsp3) is 0.417. The van der Waals surface area contributed by atoms with E-state index in [0.717, 1.165) is 23.7 Å². The highest BCUT2D eigenvalue weighted by Gasteiger charge is 2.42. The van der Waals surface area contributed by atoms with E-state index in [0.29, 0.717) is 5.92 Å². The molecule has 80 valence electrons. The summed E-state index contributed by atoms with van der Waals surface area (Å²) in [5, 5.41) is 8.75. The molecule has 1 N–H and O–H groups in total. The van der Waals surface area contributed by atoms with E-state index < -0.39 is 5.97 Å². The van der Waals surface area contributed by atoms with Gasteiger partial charge in [0.1, 0.15) is 0 Å². The van der Waals surface area contributed by atoms with Crippen LogP contribution in [-0.2, 0) is 11.2 Å². The van der Waals surface area contributed by atoms with Crippen molar-refractivity contribution in [3.8, 4) is 0 Å². The summed E-state index contributed by atoms with van der Waals surface area (Å²) < 4.78 is 1.08. The Morgan fingerprint density at radius 3 is 2.60 bits per heavy atom. The van der Waals surface area contributed by atoms with Crippen LogP contribution in [0.1, 0.15) is 18.4 Å². The normalized spacial score (nSPS) is 23.8. The molecule has 1 fully saturated rings. The standard InChI is InChI=1S/C12H13BrO2/c13-10-5-2-8(3-6-10)1-4-9-7-11(9)12(14)15/h2-3,5-6,9,11H,1,4,7H2,(H,14,15)/t9-,11-/m1/s1. The zero-order valence-corrected chi connectivity index (χ0v) is 9.90. The number of carboxylic acids is 1. The molecular weight excluding hydrogens is 256 g/mol. The van der Waals surface area contributed by atoms with Crippen LogP contribution >= 0.6 is 15.9 Å². The second-order valence-corrected chi connectivity index (χ2v) is 5.02. The average molecular weight is 269 g/mol. The highest BCUT2D eigenvalue weighted by Crippen LogP contribution is 2.42. The number of aryl methyl sites for hydroxylation is 1. The highest BCUT2D eigenvalue weighted by atomic mass is 79.9. The van der Waals surface area contributed by atoms with E-state index in [1.54, 1.807) is 0 Å². The molecule has 2 nitrogen and oxygen atoms in total. The van der Waals surface area contributed by atoms with Gasteiger partial charge < -0.3 is 5.11 Å². The lowest BCUT2D eigenvalue weighted by atomic mass is 10.1. The van der Waals surface area contributed by atoms with Crippen molar-refractivity contribution in [2.45, 2.75) is 19.3 Å². The summed E-state index contributed by atoms with van der Waals surface area (Å²) in [6.45, 7) is 0. The van der Waals surface area contributed by atoms with Crippen molar-refractivity contribution in [1.29, 1.82) is 0 Å². The van der Waals surface area contributed by atoms with Crippen molar-refractivity contribution in [3.63, 3.8) is 0 Å². The molecule has 1 aliphatic carbocycles. The predicted octanol–water partition coefficient (Wildman–Crippen LogP) is 3.10. The summed E-state index contributed by atoms with van der Waals surface area (Å²) in [7, 11) is 0. The van der Waals surface area contributed by atoms with Crippen molar-refractivity contribution in [2.75, 3.05) is 0 Å². The average Bonchev–Trinajstić information content (AvgIpc) is 2.96. The number of benzene rings is 1. The van der Waals surface area contributed by atoms with E-state index in [-0.39, 0.29) is 5.92 Å². The van der Waals surface area contributed by atoms with Crippen molar-refractivity contribution >= 4 is 21.9 Å². The number of aliphatic carboxylic acids is 1. The molecule has 3 heteroatoms. The van der Waals surface area contributed by atoms with E-state index in [1.165, 1.54) is 5.56 Å². The molecule has 0 spiro atoms. The SMILES string of the molecule is O=C(O)[C@@H]1C[C@H]1CCc1ccc(Br)cc1. The molecule has 15 heavy (non-hydrogen) atoms. The van der Waals surface area contributed by atoms with Crippen LogP contribution in [0.2, 0.25) is 0 Å². The van der Waals surface area contributed by atoms with Gasteiger partial charge in [-0.3, -0.25) is 4.79 Å². The molecule has 0 aromatic heterocycles. The van der Waals surface area contributed by atoms with Crippen molar-refractivity contribution < 1.29 is 9.90 Å². The summed E-state index contributed by atoms with van der Waals surface area (Å²) in [5.41, 5.74) is 1.29. The van der Waals surface area contributed by atoms with Gasteiger partial charge in [-0.2, -0.15) is 0 Å². The second kappa shape index (κ2) is 4.35. The van der Waals surface area contributed by atoms with Gasteiger partial charge in [0.2, 0.25) is 0 Å². The van der Waals surface area contributed by atoms with Crippen LogP contribution in [0.25, 0.3) is 0 Å². The Hall–Kier alpha value is -0.830. The number of carbonyl (C=O) groups is 1. The van der Waals surface area contributed by atoms with E-state index in [1.807, 2.05) is 12.1 Å². The molecule has 0 bridgehead atoms. The molecule has 1 aliphatic rings. The molecule has 1 aromatic rings. The largest absolute Gasteiger partial charge is 0.481 e. The Bertz CT molecular complexity index is 358. The van der Waals surface area contributed by atoms with Gasteiger partial charge in [0.25, 0.3) is 0 Å². The van der Waals surface area contributed by atoms with Gasteiger partial charge in [0, 0.05) is 4.47 Å². The monoisotopic (exact) mass is 268 g/mol. The van der Waals surface area contributed by atoms with Crippen molar-refractivity contribution in [1.82, 2.24) is 0 Å². The first-order chi connectivity index (χ1) is 7.16. The lowest BCUT2D eigenvalue weighted by Crippen LogP contribution is -2.00. The van der Waals surface area contributed by atoms with Gasteiger partial charge in [-0.15, -0.1) is 0 Å². The third kappa shape index (κ3) is 2.81. The van der Waals surface area contributed by atoms with Crippen LogP contribution in [0.4, 0.5) is 0 Å². The number of hydrogen-bond donors (Lipinski definition) is 1. The zero-order valence-electron chi connectivity index (χ0n) is 8.32. The number of hydrogen-bond acceptors (Lipinski definition) is 1. The fourth-order valence-corrected chi connectivity index (χ4v) is 2.14. The molecule has 0 heterocycles. The van der Waals surface area contributed by atoms with Gasteiger partial charge in [-0.1, -0.05) is 28.1 Å². The Balaban J connectivity index is 1.80. The predicted molar refractivity (Wildman–Crippen MR) is 61.7 cm³/mol. The quantitative estimate of drug-likeness (QED) is 0.911. The van der Waals surface area contributed by atoms with Crippen LogP contribution in [-0.4, -0.2) is 11.1 Å². The molecule has 0 aliphatic heterocycles. The van der Waals surface area contributed by atoms with E-state index in [4.69, 9.17) is 5.11 Å². The molecule has 0 saturated heterocycles. The van der Waals surface area contributed by atoms with E-state index in [2.05, 4.69) is 28.1 Å². The molecule has 1 aromatic carbocycles. The topological polar surface area (TPSA) is 37.3 Å². The smallest absolute Gasteiger partial charge is 0.306 e. The van der Waals surface area contributed by atoms with Crippen LogP contribution in [0.5, 0.6) is 0 Å². The summed E-state index contributed by atoms with van der Waals surface area (Å²) in [6.07, 6.45) is 2.85. The summed E-state index contributed by atoms with van der Waals surface area (Å²) >= 11 is 3.39. The third-order valence-electron chi connectivity index (χ3n) is 2.96. The Labute approximate surface area is 97.4 Å². The van der Waals surface area contributed by atoms with Crippen molar-refractivity contribution in [3.05, 3.63) is 34.3 Å². The van der Waals surface area contributed by atoms with Gasteiger partial charge >= 0.3 is 5.97 Å². The maximum atomic E-state index is 10.6.